The summed E-state index contributed by atoms with van der Waals surface area (Å²) in [6.07, 6.45) is 1.25. The summed E-state index contributed by atoms with van der Waals surface area (Å²) >= 11 is 1.73. The molecule has 1 aromatic heterocycles. The highest BCUT2D eigenvalue weighted by Crippen LogP contribution is 2.08. The van der Waals surface area contributed by atoms with Gasteiger partial charge in [-0.05, 0) is 45.1 Å². The Balaban J connectivity index is 2.05. The van der Waals surface area contributed by atoms with Crippen molar-refractivity contribution >= 4 is 23.4 Å². The minimum Gasteiger partial charge on any atom is -0.444 e. The standard InChI is InChI=1S/C15H26N4O2S/c1-15(2,3)21-14(20)19-9-5-8-17-13(16)18-10-7-12-6-4-11-22-12/h4,6,11H,5,7-10H2,1-3H3,(H,19,20)(H3,16,17,18). The second-order valence-electron chi connectivity index (χ2n) is 5.81. The third-order valence-electron chi connectivity index (χ3n) is 2.54. The molecule has 6 nitrogen and oxygen atoms in total. The lowest BCUT2D eigenvalue weighted by atomic mass is 10.2. The molecular weight excluding hydrogens is 300 g/mol. The maximum absolute atomic E-state index is 11.4. The second kappa shape index (κ2) is 9.30. The quantitative estimate of drug-likeness (QED) is 0.407. The van der Waals surface area contributed by atoms with Crippen LogP contribution >= 0.6 is 11.3 Å². The maximum atomic E-state index is 11.4. The first-order valence-corrected chi connectivity index (χ1v) is 8.28. The summed E-state index contributed by atoms with van der Waals surface area (Å²) in [6, 6.07) is 4.14. The lowest BCUT2D eigenvalue weighted by Gasteiger charge is -2.19. The van der Waals surface area contributed by atoms with Crippen LogP contribution in [0.3, 0.4) is 0 Å². The van der Waals surface area contributed by atoms with Crippen molar-refractivity contribution in [2.75, 3.05) is 19.6 Å². The molecule has 0 fully saturated rings. The fourth-order valence-corrected chi connectivity index (χ4v) is 2.32. The summed E-state index contributed by atoms with van der Waals surface area (Å²) in [7, 11) is 0. The summed E-state index contributed by atoms with van der Waals surface area (Å²) < 4.78 is 5.13. The van der Waals surface area contributed by atoms with E-state index in [2.05, 4.69) is 27.1 Å². The number of carbonyl (C=O) groups excluding carboxylic acids is 1. The molecule has 0 atom stereocenters. The van der Waals surface area contributed by atoms with E-state index in [0.717, 1.165) is 13.0 Å². The van der Waals surface area contributed by atoms with Gasteiger partial charge in [-0.2, -0.15) is 0 Å². The van der Waals surface area contributed by atoms with Crippen LogP contribution in [0.1, 0.15) is 32.1 Å². The highest BCUT2D eigenvalue weighted by Gasteiger charge is 2.15. The number of guanidine groups is 1. The number of carbonyl (C=O) groups is 1. The minimum atomic E-state index is -0.473. The van der Waals surface area contributed by atoms with Crippen molar-refractivity contribution < 1.29 is 9.53 Å². The number of alkyl carbamates (subject to hydrolysis) is 1. The minimum absolute atomic E-state index is 0.404. The zero-order chi connectivity index (χ0) is 16.4. The van der Waals surface area contributed by atoms with Gasteiger partial charge in [0.05, 0.1) is 0 Å². The Labute approximate surface area is 136 Å². The molecule has 1 rings (SSSR count). The van der Waals surface area contributed by atoms with E-state index in [-0.39, 0.29) is 0 Å². The second-order valence-corrected chi connectivity index (χ2v) is 6.84. The normalized spacial score (nSPS) is 12.0. The first kappa shape index (κ1) is 18.3. The molecule has 0 spiro atoms. The molecular formula is C15H26N4O2S. The van der Waals surface area contributed by atoms with E-state index in [1.807, 2.05) is 26.8 Å². The third-order valence-corrected chi connectivity index (χ3v) is 3.48. The monoisotopic (exact) mass is 326 g/mol. The number of nitrogens with one attached hydrogen (secondary N) is 2. The van der Waals surface area contributed by atoms with Crippen molar-refractivity contribution in [3.8, 4) is 0 Å². The van der Waals surface area contributed by atoms with E-state index < -0.39 is 11.7 Å². The molecule has 0 aliphatic carbocycles. The molecule has 0 saturated carbocycles. The summed E-state index contributed by atoms with van der Waals surface area (Å²) in [4.78, 5) is 16.9. The molecule has 1 aromatic rings. The first-order chi connectivity index (χ1) is 10.4. The predicted octanol–water partition coefficient (Wildman–Crippen LogP) is 2.11. The summed E-state index contributed by atoms with van der Waals surface area (Å²) in [5.74, 6) is 0.439. The summed E-state index contributed by atoms with van der Waals surface area (Å²) in [6.45, 7) is 7.35. The van der Waals surface area contributed by atoms with Gasteiger partial charge in [0.2, 0.25) is 0 Å². The van der Waals surface area contributed by atoms with Crippen LogP contribution in [-0.4, -0.2) is 37.3 Å². The number of rotatable bonds is 7. The lowest BCUT2D eigenvalue weighted by Crippen LogP contribution is -2.34. The lowest BCUT2D eigenvalue weighted by molar-refractivity contribution is 0.0527. The number of amides is 1. The molecule has 124 valence electrons. The molecule has 1 amide bonds. The van der Waals surface area contributed by atoms with Gasteiger partial charge < -0.3 is 21.1 Å². The average Bonchev–Trinajstić information content (AvgIpc) is 2.89. The number of hydrogen-bond donors (Lipinski definition) is 3. The molecule has 0 aliphatic heterocycles. The zero-order valence-electron chi connectivity index (χ0n) is 13.5. The van der Waals surface area contributed by atoms with Crippen LogP contribution in [0.2, 0.25) is 0 Å². The van der Waals surface area contributed by atoms with E-state index >= 15 is 0 Å². The summed E-state index contributed by atoms with van der Waals surface area (Å²) in [5.41, 5.74) is 5.30. The van der Waals surface area contributed by atoms with Gasteiger partial charge in [-0.3, -0.25) is 4.99 Å². The zero-order valence-corrected chi connectivity index (χ0v) is 14.3. The van der Waals surface area contributed by atoms with E-state index in [1.165, 1.54) is 4.88 Å². The van der Waals surface area contributed by atoms with Crippen molar-refractivity contribution in [1.29, 1.82) is 0 Å². The SMILES string of the molecule is CC(C)(C)OC(=O)NCCCN=C(N)NCCc1cccs1. The Hall–Kier alpha value is -1.76. The molecule has 0 aliphatic rings. The predicted molar refractivity (Wildman–Crippen MR) is 91.4 cm³/mol. The molecule has 0 bridgehead atoms. The maximum Gasteiger partial charge on any atom is 0.407 e. The van der Waals surface area contributed by atoms with Crippen LogP contribution in [0.5, 0.6) is 0 Å². The number of aliphatic imine (C=N–C) groups is 1. The Kier molecular flexibility index (Phi) is 7.73. The van der Waals surface area contributed by atoms with Crippen LogP contribution < -0.4 is 16.4 Å². The Morgan fingerprint density at radius 3 is 2.77 bits per heavy atom. The van der Waals surface area contributed by atoms with Gasteiger partial charge in [-0.1, -0.05) is 6.07 Å². The number of thiophene rings is 1. The van der Waals surface area contributed by atoms with Gasteiger partial charge in [-0.25, -0.2) is 4.79 Å². The van der Waals surface area contributed by atoms with Crippen molar-refractivity contribution in [3.05, 3.63) is 22.4 Å². The third kappa shape index (κ3) is 9.23. The molecule has 7 heteroatoms. The number of ether oxygens (including phenoxy) is 1. The Bertz CT molecular complexity index is 466. The number of hydrogen-bond acceptors (Lipinski definition) is 4. The van der Waals surface area contributed by atoms with E-state index in [0.29, 0.717) is 25.5 Å². The van der Waals surface area contributed by atoms with Gasteiger partial charge in [0.1, 0.15) is 5.60 Å². The fourth-order valence-electron chi connectivity index (χ4n) is 1.61. The van der Waals surface area contributed by atoms with Crippen LogP contribution in [0, 0.1) is 0 Å². The van der Waals surface area contributed by atoms with E-state index in [1.54, 1.807) is 11.3 Å². The van der Waals surface area contributed by atoms with Crippen molar-refractivity contribution in [2.24, 2.45) is 10.7 Å². The van der Waals surface area contributed by atoms with Crippen LogP contribution in [0.25, 0.3) is 0 Å². The van der Waals surface area contributed by atoms with E-state index in [9.17, 15) is 4.79 Å². The van der Waals surface area contributed by atoms with Crippen LogP contribution in [0.4, 0.5) is 4.79 Å². The molecule has 0 aromatic carbocycles. The first-order valence-electron chi connectivity index (χ1n) is 7.40. The highest BCUT2D eigenvalue weighted by atomic mass is 32.1. The van der Waals surface area contributed by atoms with Crippen LogP contribution in [0.15, 0.2) is 22.5 Å². The smallest absolute Gasteiger partial charge is 0.407 e. The Morgan fingerprint density at radius 2 is 2.14 bits per heavy atom. The number of nitrogens with zero attached hydrogens (tertiary/aromatic N) is 1. The number of nitrogens with two attached hydrogens (primary N) is 1. The molecule has 0 radical (unpaired) electrons. The molecule has 4 N–H and O–H groups in total. The fraction of sp³-hybridized carbons (Fsp3) is 0.600. The van der Waals surface area contributed by atoms with Crippen molar-refractivity contribution in [3.63, 3.8) is 0 Å². The molecule has 22 heavy (non-hydrogen) atoms. The van der Waals surface area contributed by atoms with Gasteiger partial charge in [0, 0.05) is 24.5 Å². The molecule has 0 unspecified atom stereocenters. The van der Waals surface area contributed by atoms with Gasteiger partial charge in [0.25, 0.3) is 0 Å². The highest BCUT2D eigenvalue weighted by molar-refractivity contribution is 7.09. The largest absolute Gasteiger partial charge is 0.444 e. The Morgan fingerprint density at radius 1 is 1.36 bits per heavy atom. The van der Waals surface area contributed by atoms with Crippen LogP contribution in [-0.2, 0) is 11.2 Å². The van der Waals surface area contributed by atoms with Crippen molar-refractivity contribution in [1.82, 2.24) is 10.6 Å². The van der Waals surface area contributed by atoms with Crippen molar-refractivity contribution in [2.45, 2.75) is 39.2 Å². The van der Waals surface area contributed by atoms with Gasteiger partial charge in [-0.15, -0.1) is 11.3 Å². The topological polar surface area (TPSA) is 88.7 Å². The van der Waals surface area contributed by atoms with Gasteiger partial charge >= 0.3 is 6.09 Å². The average molecular weight is 326 g/mol. The molecule has 1 heterocycles. The van der Waals surface area contributed by atoms with E-state index in [4.69, 9.17) is 10.5 Å². The molecule has 0 saturated heterocycles. The summed E-state index contributed by atoms with van der Waals surface area (Å²) in [5, 5.41) is 7.82. The van der Waals surface area contributed by atoms with Gasteiger partial charge in [0.15, 0.2) is 5.96 Å².